The van der Waals surface area contributed by atoms with E-state index in [1.165, 1.54) is 0 Å². The van der Waals surface area contributed by atoms with Crippen molar-refractivity contribution in [2.45, 2.75) is 6.92 Å². The summed E-state index contributed by atoms with van der Waals surface area (Å²) in [6, 6.07) is 8.12. The number of rotatable bonds is 3. The summed E-state index contributed by atoms with van der Waals surface area (Å²) in [7, 11) is 0. The Balaban J connectivity index is 1.53. The Morgan fingerprint density at radius 3 is 2.77 bits per heavy atom. The predicted octanol–water partition coefficient (Wildman–Crippen LogP) is 5.00. The SMILES string of the molecule is Cc1ccncc1-c1cc2c(-c3nc4c(-c5cccs5)cncc4[nH]3)n[nH]c2cn1. The Hall–Kier alpha value is -3.91. The van der Waals surface area contributed by atoms with Gasteiger partial charge in [-0.25, -0.2) is 4.98 Å². The second kappa shape index (κ2) is 6.57. The normalized spacial score (nSPS) is 11.5. The minimum absolute atomic E-state index is 0.696. The van der Waals surface area contributed by atoms with Crippen LogP contribution in [0.2, 0.25) is 0 Å². The first-order valence-electron chi connectivity index (χ1n) is 9.41. The fourth-order valence-corrected chi connectivity index (χ4v) is 4.37. The Morgan fingerprint density at radius 1 is 0.967 bits per heavy atom. The van der Waals surface area contributed by atoms with Crippen LogP contribution in [0.5, 0.6) is 0 Å². The summed E-state index contributed by atoms with van der Waals surface area (Å²) in [4.78, 5) is 22.6. The maximum Gasteiger partial charge on any atom is 0.159 e. The second-order valence-electron chi connectivity index (χ2n) is 7.02. The molecule has 6 rings (SSSR count). The molecule has 0 spiro atoms. The van der Waals surface area contributed by atoms with Crippen LogP contribution in [0.3, 0.4) is 0 Å². The van der Waals surface area contributed by atoms with E-state index in [9.17, 15) is 0 Å². The van der Waals surface area contributed by atoms with E-state index in [4.69, 9.17) is 4.98 Å². The summed E-state index contributed by atoms with van der Waals surface area (Å²) in [6.45, 7) is 2.05. The quantitative estimate of drug-likeness (QED) is 0.429. The van der Waals surface area contributed by atoms with E-state index in [0.717, 1.165) is 54.9 Å². The molecule has 2 N–H and O–H groups in total. The van der Waals surface area contributed by atoms with Crippen molar-refractivity contribution in [2.75, 3.05) is 0 Å². The van der Waals surface area contributed by atoms with Gasteiger partial charge in [0.2, 0.25) is 0 Å². The molecule has 0 saturated heterocycles. The number of aromatic amines is 2. The van der Waals surface area contributed by atoms with Crippen LogP contribution in [-0.4, -0.2) is 35.1 Å². The van der Waals surface area contributed by atoms with Gasteiger partial charge in [0.1, 0.15) is 11.2 Å². The van der Waals surface area contributed by atoms with Gasteiger partial charge in [0.25, 0.3) is 0 Å². The van der Waals surface area contributed by atoms with Gasteiger partial charge >= 0.3 is 0 Å². The first-order chi connectivity index (χ1) is 14.8. The second-order valence-corrected chi connectivity index (χ2v) is 7.97. The van der Waals surface area contributed by atoms with E-state index in [1.54, 1.807) is 29.9 Å². The standard InChI is InChI=1S/C22H15N7S/c1-12-4-5-23-8-14(12)16-7-13-17(11-25-16)28-29-21(13)22-26-18-10-24-9-15(20(18)27-22)19-3-2-6-30-19/h2-11H,1H3,(H,26,27)(H,28,29). The largest absolute Gasteiger partial charge is 0.335 e. The Morgan fingerprint density at radius 2 is 1.90 bits per heavy atom. The number of thiophene rings is 1. The average Bonchev–Trinajstić information content (AvgIpc) is 3.51. The Kier molecular flexibility index (Phi) is 3.72. The molecule has 0 aliphatic heterocycles. The molecule has 0 fully saturated rings. The molecular weight excluding hydrogens is 394 g/mol. The Labute approximate surface area is 174 Å². The average molecular weight is 409 g/mol. The van der Waals surface area contributed by atoms with E-state index in [0.29, 0.717) is 5.82 Å². The molecule has 0 atom stereocenters. The molecule has 0 amide bonds. The van der Waals surface area contributed by atoms with Crippen LogP contribution < -0.4 is 0 Å². The lowest BCUT2D eigenvalue weighted by Crippen LogP contribution is -1.88. The van der Waals surface area contributed by atoms with Crippen molar-refractivity contribution in [3.8, 4) is 33.2 Å². The third-order valence-electron chi connectivity index (χ3n) is 5.17. The van der Waals surface area contributed by atoms with Crippen molar-refractivity contribution in [2.24, 2.45) is 0 Å². The third kappa shape index (κ3) is 2.61. The van der Waals surface area contributed by atoms with E-state index in [2.05, 4.69) is 48.5 Å². The number of pyridine rings is 3. The van der Waals surface area contributed by atoms with Crippen LogP contribution in [0.4, 0.5) is 0 Å². The molecule has 6 aromatic heterocycles. The number of imidazole rings is 1. The summed E-state index contributed by atoms with van der Waals surface area (Å²) in [6.07, 6.45) is 9.07. The zero-order valence-corrected chi connectivity index (χ0v) is 16.7. The van der Waals surface area contributed by atoms with Gasteiger partial charge in [-0.2, -0.15) is 5.10 Å². The number of aromatic nitrogens is 7. The molecule has 0 saturated carbocycles. The molecule has 6 aromatic rings. The van der Waals surface area contributed by atoms with E-state index < -0.39 is 0 Å². The monoisotopic (exact) mass is 409 g/mol. The molecule has 0 aromatic carbocycles. The number of aryl methyl sites for hydroxylation is 1. The molecule has 0 radical (unpaired) electrons. The van der Waals surface area contributed by atoms with Gasteiger partial charge in [-0.15, -0.1) is 11.3 Å². The number of hydrogen-bond donors (Lipinski definition) is 2. The first kappa shape index (κ1) is 17.0. The zero-order valence-electron chi connectivity index (χ0n) is 15.9. The van der Waals surface area contributed by atoms with Gasteiger partial charge in [0.15, 0.2) is 5.82 Å². The van der Waals surface area contributed by atoms with Crippen LogP contribution in [-0.2, 0) is 0 Å². The number of nitrogens with one attached hydrogen (secondary N) is 2. The summed E-state index contributed by atoms with van der Waals surface area (Å²) in [5, 5.41) is 10.6. The zero-order chi connectivity index (χ0) is 20.1. The Bertz CT molecular complexity index is 1510. The summed E-state index contributed by atoms with van der Waals surface area (Å²) < 4.78 is 0. The maximum atomic E-state index is 4.88. The molecule has 144 valence electrons. The predicted molar refractivity (Wildman–Crippen MR) is 118 cm³/mol. The number of H-pyrrole nitrogens is 2. The summed E-state index contributed by atoms with van der Waals surface area (Å²) in [5.74, 6) is 0.696. The van der Waals surface area contributed by atoms with Crippen molar-refractivity contribution in [3.63, 3.8) is 0 Å². The van der Waals surface area contributed by atoms with Crippen molar-refractivity contribution < 1.29 is 0 Å². The van der Waals surface area contributed by atoms with Crippen molar-refractivity contribution in [3.05, 3.63) is 66.2 Å². The molecule has 7 nitrogen and oxygen atoms in total. The third-order valence-corrected chi connectivity index (χ3v) is 6.07. The minimum Gasteiger partial charge on any atom is -0.335 e. The highest BCUT2D eigenvalue weighted by Crippen LogP contribution is 2.33. The minimum atomic E-state index is 0.696. The molecule has 0 aliphatic carbocycles. The lowest BCUT2D eigenvalue weighted by atomic mass is 10.1. The van der Waals surface area contributed by atoms with Crippen molar-refractivity contribution in [1.82, 2.24) is 35.1 Å². The van der Waals surface area contributed by atoms with Crippen LogP contribution in [0.15, 0.2) is 60.6 Å². The highest BCUT2D eigenvalue weighted by atomic mass is 32.1. The molecule has 0 aliphatic rings. The van der Waals surface area contributed by atoms with Crippen LogP contribution in [0.25, 0.3) is 55.2 Å². The van der Waals surface area contributed by atoms with Gasteiger partial charge in [0, 0.05) is 40.0 Å². The smallest absolute Gasteiger partial charge is 0.159 e. The van der Waals surface area contributed by atoms with E-state index in [1.807, 2.05) is 30.6 Å². The van der Waals surface area contributed by atoms with Gasteiger partial charge < -0.3 is 4.98 Å². The first-order valence-corrected chi connectivity index (χ1v) is 10.3. The maximum absolute atomic E-state index is 4.88. The molecule has 30 heavy (non-hydrogen) atoms. The van der Waals surface area contributed by atoms with Crippen molar-refractivity contribution >= 4 is 33.3 Å². The molecule has 8 heteroatoms. The van der Waals surface area contributed by atoms with Crippen LogP contribution in [0.1, 0.15) is 5.56 Å². The summed E-state index contributed by atoms with van der Waals surface area (Å²) >= 11 is 1.67. The number of nitrogens with zero attached hydrogens (tertiary/aromatic N) is 5. The summed E-state index contributed by atoms with van der Waals surface area (Å²) in [5.41, 5.74) is 7.36. The highest BCUT2D eigenvalue weighted by Gasteiger charge is 2.17. The number of hydrogen-bond acceptors (Lipinski definition) is 6. The highest BCUT2D eigenvalue weighted by molar-refractivity contribution is 7.13. The van der Waals surface area contributed by atoms with E-state index in [-0.39, 0.29) is 0 Å². The lowest BCUT2D eigenvalue weighted by molar-refractivity contribution is 1.10. The molecular formula is C22H15N7S. The fourth-order valence-electron chi connectivity index (χ4n) is 3.63. The number of fused-ring (bicyclic) bond motifs is 2. The van der Waals surface area contributed by atoms with E-state index >= 15 is 0 Å². The van der Waals surface area contributed by atoms with Crippen LogP contribution >= 0.6 is 11.3 Å². The van der Waals surface area contributed by atoms with Gasteiger partial charge in [-0.1, -0.05) is 6.07 Å². The van der Waals surface area contributed by atoms with Crippen LogP contribution in [0, 0.1) is 6.92 Å². The molecule has 0 bridgehead atoms. The fraction of sp³-hybridized carbons (Fsp3) is 0.0455. The van der Waals surface area contributed by atoms with Gasteiger partial charge in [-0.3, -0.25) is 20.1 Å². The molecule has 0 unspecified atom stereocenters. The van der Waals surface area contributed by atoms with Gasteiger partial charge in [0.05, 0.1) is 29.1 Å². The van der Waals surface area contributed by atoms with Crippen molar-refractivity contribution in [1.29, 1.82) is 0 Å². The molecule has 6 heterocycles. The topological polar surface area (TPSA) is 96.0 Å². The lowest BCUT2D eigenvalue weighted by Gasteiger charge is -2.04. The van der Waals surface area contributed by atoms with Gasteiger partial charge in [-0.05, 0) is 36.1 Å².